The number of hydrogen-bond donors (Lipinski definition) is 1. The Kier molecular flexibility index (Phi) is 5.19. The van der Waals surface area contributed by atoms with Crippen LogP contribution in [0.5, 0.6) is 0 Å². The molecule has 0 radical (unpaired) electrons. The second-order valence-corrected chi connectivity index (χ2v) is 6.44. The predicted molar refractivity (Wildman–Crippen MR) is 83.8 cm³/mol. The van der Waals surface area contributed by atoms with Gasteiger partial charge in [0.25, 0.3) is 0 Å². The number of amides is 2. The maximum atomic E-state index is 11.9. The Bertz CT molecular complexity index is 580. The van der Waals surface area contributed by atoms with Crippen LogP contribution < -0.4 is 5.32 Å². The third-order valence-electron chi connectivity index (χ3n) is 2.91. The van der Waals surface area contributed by atoms with Crippen molar-refractivity contribution in [2.24, 2.45) is 7.05 Å². The van der Waals surface area contributed by atoms with Crippen molar-refractivity contribution >= 4 is 33.3 Å². The summed E-state index contributed by atoms with van der Waals surface area (Å²) in [5, 5.41) is 4.92. The van der Waals surface area contributed by atoms with Crippen LogP contribution in [0.1, 0.15) is 10.7 Å². The number of imidazole rings is 1. The summed E-state index contributed by atoms with van der Waals surface area (Å²) in [5.41, 5.74) is 0. The molecule has 2 aromatic rings. The number of nitrogens with zero attached hydrogens (tertiary/aromatic N) is 3. The Labute approximate surface area is 130 Å². The van der Waals surface area contributed by atoms with Crippen molar-refractivity contribution in [2.75, 3.05) is 13.6 Å². The van der Waals surface area contributed by atoms with Gasteiger partial charge >= 0.3 is 6.03 Å². The topological polar surface area (TPSA) is 50.2 Å². The molecule has 2 amide bonds. The lowest BCUT2D eigenvalue weighted by Gasteiger charge is -2.17. The molecule has 2 aromatic heterocycles. The van der Waals surface area contributed by atoms with Gasteiger partial charge in [-0.3, -0.25) is 0 Å². The van der Waals surface area contributed by atoms with E-state index in [0.29, 0.717) is 13.1 Å². The molecule has 7 heteroatoms. The van der Waals surface area contributed by atoms with Crippen molar-refractivity contribution in [2.45, 2.75) is 13.0 Å². The fraction of sp³-hybridized carbons (Fsp3) is 0.385. The van der Waals surface area contributed by atoms with Crippen molar-refractivity contribution in [1.82, 2.24) is 19.8 Å². The van der Waals surface area contributed by atoms with E-state index in [1.807, 2.05) is 29.3 Å². The molecule has 0 saturated heterocycles. The van der Waals surface area contributed by atoms with Crippen molar-refractivity contribution in [3.8, 4) is 0 Å². The second kappa shape index (κ2) is 6.90. The summed E-state index contributed by atoms with van der Waals surface area (Å²) in [7, 11) is 3.74. The zero-order valence-electron chi connectivity index (χ0n) is 11.5. The Morgan fingerprint density at radius 3 is 3.00 bits per heavy atom. The first-order chi connectivity index (χ1) is 9.56. The highest BCUT2D eigenvalue weighted by molar-refractivity contribution is 9.10. The molecule has 0 bridgehead atoms. The Morgan fingerprint density at radius 2 is 2.40 bits per heavy atom. The number of halogens is 1. The highest BCUT2D eigenvalue weighted by Gasteiger charge is 2.10. The lowest BCUT2D eigenvalue weighted by atomic mass is 10.4. The first kappa shape index (κ1) is 15.1. The third-order valence-corrected chi connectivity index (χ3v) is 4.59. The molecule has 1 N–H and O–H groups in total. The molecule has 0 fully saturated rings. The van der Waals surface area contributed by atoms with Crippen molar-refractivity contribution in [3.05, 3.63) is 39.0 Å². The van der Waals surface area contributed by atoms with Gasteiger partial charge in [-0.25, -0.2) is 9.78 Å². The Morgan fingerprint density at radius 1 is 1.60 bits per heavy atom. The summed E-state index contributed by atoms with van der Waals surface area (Å²) in [6.45, 7) is 1.20. The predicted octanol–water partition coefficient (Wildman–Crippen LogP) is 2.63. The largest absolute Gasteiger partial charge is 0.338 e. The molecule has 0 unspecified atom stereocenters. The maximum absolute atomic E-state index is 11.9. The minimum absolute atomic E-state index is 0.0660. The van der Waals surface area contributed by atoms with E-state index in [9.17, 15) is 4.79 Å². The number of urea groups is 1. The molecule has 0 atom stereocenters. The van der Waals surface area contributed by atoms with Gasteiger partial charge in [-0.05, 0) is 22.0 Å². The van der Waals surface area contributed by atoms with Gasteiger partial charge in [-0.1, -0.05) is 0 Å². The van der Waals surface area contributed by atoms with Crippen LogP contribution in [-0.2, 0) is 20.0 Å². The Hall–Kier alpha value is -1.34. The van der Waals surface area contributed by atoms with Gasteiger partial charge in [-0.15, -0.1) is 11.3 Å². The minimum atomic E-state index is -0.0660. The zero-order chi connectivity index (χ0) is 14.5. The highest BCUT2D eigenvalue weighted by atomic mass is 79.9. The van der Waals surface area contributed by atoms with Gasteiger partial charge in [0.1, 0.15) is 5.82 Å². The lowest BCUT2D eigenvalue weighted by Crippen LogP contribution is -2.37. The summed E-state index contributed by atoms with van der Waals surface area (Å²) < 4.78 is 3.01. The second-order valence-electron chi connectivity index (χ2n) is 4.52. The standard InChI is InChI=1S/C13H17BrN4OS/c1-17-6-5-15-12(17)3-4-16-13(19)18(2)8-11-7-10(14)9-20-11/h5-7,9H,3-4,8H2,1-2H3,(H,16,19). The van der Waals surface area contributed by atoms with E-state index < -0.39 is 0 Å². The van der Waals surface area contributed by atoms with Crippen LogP contribution in [-0.4, -0.2) is 34.1 Å². The molecular weight excluding hydrogens is 340 g/mol. The number of carbonyl (C=O) groups is 1. The number of aryl methyl sites for hydroxylation is 1. The quantitative estimate of drug-likeness (QED) is 0.894. The molecule has 5 nitrogen and oxygen atoms in total. The molecule has 0 aliphatic heterocycles. The minimum Gasteiger partial charge on any atom is -0.338 e. The van der Waals surface area contributed by atoms with Gasteiger partial charge < -0.3 is 14.8 Å². The molecule has 0 aliphatic carbocycles. The number of thiophene rings is 1. The molecule has 2 heterocycles. The van der Waals surface area contributed by atoms with E-state index in [2.05, 4.69) is 26.2 Å². The number of rotatable bonds is 5. The number of nitrogens with one attached hydrogen (secondary N) is 1. The van der Waals surface area contributed by atoms with E-state index in [0.717, 1.165) is 21.6 Å². The monoisotopic (exact) mass is 356 g/mol. The van der Waals surface area contributed by atoms with Crippen LogP contribution in [0.25, 0.3) is 0 Å². The smallest absolute Gasteiger partial charge is 0.317 e. The summed E-state index contributed by atoms with van der Waals surface area (Å²) in [4.78, 5) is 19.0. The summed E-state index contributed by atoms with van der Waals surface area (Å²) in [6, 6.07) is 1.96. The summed E-state index contributed by atoms with van der Waals surface area (Å²) >= 11 is 5.05. The average molecular weight is 357 g/mol. The first-order valence-electron chi connectivity index (χ1n) is 6.24. The van der Waals surface area contributed by atoms with Gasteiger partial charge in [0, 0.05) is 54.2 Å². The molecule has 0 aliphatic rings. The van der Waals surface area contributed by atoms with Crippen LogP contribution in [0.15, 0.2) is 28.3 Å². The van der Waals surface area contributed by atoms with Crippen molar-refractivity contribution in [1.29, 1.82) is 0 Å². The van der Waals surface area contributed by atoms with Crippen LogP contribution >= 0.6 is 27.3 Å². The fourth-order valence-electron chi connectivity index (χ4n) is 1.80. The van der Waals surface area contributed by atoms with E-state index in [4.69, 9.17) is 0 Å². The normalized spacial score (nSPS) is 10.6. The molecule has 0 aromatic carbocycles. The summed E-state index contributed by atoms with van der Waals surface area (Å²) in [6.07, 6.45) is 4.39. The molecule has 0 saturated carbocycles. The van der Waals surface area contributed by atoms with Crippen LogP contribution in [0.4, 0.5) is 4.79 Å². The van der Waals surface area contributed by atoms with E-state index in [1.165, 1.54) is 0 Å². The lowest BCUT2D eigenvalue weighted by molar-refractivity contribution is 0.207. The van der Waals surface area contributed by atoms with Crippen LogP contribution in [0.3, 0.4) is 0 Å². The average Bonchev–Trinajstić information content (AvgIpc) is 2.99. The maximum Gasteiger partial charge on any atom is 0.317 e. The Balaban J connectivity index is 1.75. The van der Waals surface area contributed by atoms with Gasteiger partial charge in [0.05, 0.1) is 6.54 Å². The van der Waals surface area contributed by atoms with Crippen molar-refractivity contribution < 1.29 is 4.79 Å². The molecule has 0 spiro atoms. The van der Waals surface area contributed by atoms with E-state index >= 15 is 0 Å². The van der Waals surface area contributed by atoms with Crippen LogP contribution in [0.2, 0.25) is 0 Å². The molecule has 20 heavy (non-hydrogen) atoms. The first-order valence-corrected chi connectivity index (χ1v) is 7.91. The molecule has 2 rings (SSSR count). The number of carbonyl (C=O) groups excluding carboxylic acids is 1. The highest BCUT2D eigenvalue weighted by Crippen LogP contribution is 2.20. The molecular formula is C13H17BrN4OS. The van der Waals surface area contributed by atoms with Gasteiger partial charge in [-0.2, -0.15) is 0 Å². The van der Waals surface area contributed by atoms with Gasteiger partial charge in [0.15, 0.2) is 0 Å². The number of aromatic nitrogens is 2. The zero-order valence-corrected chi connectivity index (χ0v) is 13.9. The number of hydrogen-bond acceptors (Lipinski definition) is 3. The fourth-order valence-corrected chi connectivity index (χ4v) is 3.30. The van der Waals surface area contributed by atoms with E-state index in [1.54, 1.807) is 29.5 Å². The summed E-state index contributed by atoms with van der Waals surface area (Å²) in [5.74, 6) is 0.968. The van der Waals surface area contributed by atoms with Crippen molar-refractivity contribution in [3.63, 3.8) is 0 Å². The van der Waals surface area contributed by atoms with Crippen LogP contribution in [0, 0.1) is 0 Å². The third kappa shape index (κ3) is 4.08. The SMILES string of the molecule is CN(Cc1cc(Br)cs1)C(=O)NCCc1nccn1C. The molecule has 108 valence electrons. The van der Waals surface area contributed by atoms with Gasteiger partial charge in [0.2, 0.25) is 0 Å². The van der Waals surface area contributed by atoms with E-state index in [-0.39, 0.29) is 6.03 Å².